The number of hydrogen-bond acceptors (Lipinski definition) is 32. The van der Waals surface area contributed by atoms with Gasteiger partial charge in [-0.25, -0.2) is 23.7 Å². The van der Waals surface area contributed by atoms with Crippen LogP contribution in [0, 0.1) is 20.2 Å². The largest absolute Gasteiger partial charge is 1.00 e. The molecule has 49 heteroatoms. The minimum Gasteiger partial charge on any atom is -0.444 e. The van der Waals surface area contributed by atoms with Gasteiger partial charge in [-0.15, -0.1) is 5.34 Å². The van der Waals surface area contributed by atoms with Gasteiger partial charge in [0.05, 0.1) is 26.1 Å². The summed E-state index contributed by atoms with van der Waals surface area (Å²) in [5.41, 5.74) is 14.1. The van der Waals surface area contributed by atoms with Gasteiger partial charge in [0.2, 0.25) is 29.7 Å². The maximum absolute atomic E-state index is 11.9. The fourth-order valence-electron chi connectivity index (χ4n) is 8.35. The summed E-state index contributed by atoms with van der Waals surface area (Å²) in [5.74, 6) is -1.42. The number of ether oxygens (including phenoxy) is 3. The third-order valence-electron chi connectivity index (χ3n) is 11.4. The SMILES string of the molecule is BrBr.Nc1nc2c(nc(Br)n2[C@@H]2O[C@@H]3COP(=O)(O)O[C@@H]3C2O)c(=O)[nH]1.Nc1nc2c(nc([N+](=O)[O-])n2[C@@H]2O[C@@H]3COP(=O)(O)O[C@@H]3C2O)c(=O)[nH]1.Nc1nc2c(ncn2[C@@H]2O[C@@H]3COP(=O)(O)O[C@@H]3C2O)c(=O)[nH]1.O=N[O-].[Na+]. The van der Waals surface area contributed by atoms with Crippen molar-refractivity contribution < 1.29 is 120 Å². The molecule has 6 unspecified atom stereocenters. The van der Waals surface area contributed by atoms with Gasteiger partial charge in [-0.05, 0) is 20.9 Å². The van der Waals surface area contributed by atoms with Gasteiger partial charge >= 0.3 is 59.0 Å². The van der Waals surface area contributed by atoms with E-state index in [1.807, 2.05) is 0 Å². The Morgan fingerprint density at radius 3 is 1.43 bits per heavy atom. The molecule has 79 heavy (non-hydrogen) atoms. The van der Waals surface area contributed by atoms with E-state index >= 15 is 0 Å². The number of nitro groups is 1. The average Bonchev–Trinajstić information content (AvgIpc) is 4.30. The van der Waals surface area contributed by atoms with E-state index in [0.717, 1.165) is 9.91 Å². The van der Waals surface area contributed by atoms with Crippen LogP contribution in [0.1, 0.15) is 18.7 Å². The second kappa shape index (κ2) is 24.3. The fourth-order valence-corrected chi connectivity index (χ4v) is 11.8. The van der Waals surface area contributed by atoms with E-state index < -0.39 is 125 Å². The molecule has 0 amide bonds. The number of fused-ring (bicyclic) bond motifs is 6. The van der Waals surface area contributed by atoms with Gasteiger partial charge in [0, 0.05) is 28.3 Å². The summed E-state index contributed by atoms with van der Waals surface area (Å²) in [6.07, 6.45) is -12.5. The number of rotatable bonds is 4. The number of nitrogens with one attached hydrogen (secondary N) is 3. The maximum Gasteiger partial charge on any atom is 1.00 e. The molecule has 6 fully saturated rings. The predicted octanol–water partition coefficient (Wildman–Crippen LogP) is -4.96. The molecular weight excluding hydrogens is 1350 g/mol. The van der Waals surface area contributed by atoms with Gasteiger partial charge in [-0.3, -0.25) is 65.6 Å². The summed E-state index contributed by atoms with van der Waals surface area (Å²) >= 11 is 8.68. The van der Waals surface area contributed by atoms with E-state index in [9.17, 15) is 68.2 Å². The van der Waals surface area contributed by atoms with Gasteiger partial charge < -0.3 is 81.6 Å². The molecule has 12 heterocycles. The van der Waals surface area contributed by atoms with Gasteiger partial charge in [-0.2, -0.15) is 19.5 Å². The first kappa shape index (κ1) is 62.4. The van der Waals surface area contributed by atoms with Crippen molar-refractivity contribution in [3.8, 4) is 0 Å². The van der Waals surface area contributed by atoms with Crippen LogP contribution >= 0.6 is 67.7 Å². The van der Waals surface area contributed by atoms with Crippen LogP contribution in [-0.2, 0) is 55.0 Å². The Hall–Kier alpha value is -4.22. The number of aromatic amines is 3. The Kier molecular flexibility index (Phi) is 19.2. The second-order valence-electron chi connectivity index (χ2n) is 16.1. The molecule has 0 radical (unpaired) electrons. The van der Waals surface area contributed by atoms with E-state index in [2.05, 4.69) is 103 Å². The number of imidazole rings is 3. The smallest absolute Gasteiger partial charge is 0.444 e. The number of nitrogens with two attached hydrogens (primary N) is 3. The summed E-state index contributed by atoms with van der Waals surface area (Å²) in [6, 6.07) is 0. The summed E-state index contributed by atoms with van der Waals surface area (Å²) in [6.45, 7) is -0.830. The number of hydrogen-bond donors (Lipinski definition) is 12. The summed E-state index contributed by atoms with van der Waals surface area (Å²) in [4.78, 5) is 112. The zero-order valence-corrected chi connectivity index (χ0v) is 48.1. The molecule has 0 aliphatic carbocycles. The Balaban J connectivity index is 0.000000164. The van der Waals surface area contributed by atoms with Crippen molar-refractivity contribution in [2.75, 3.05) is 37.0 Å². The number of phosphoric ester groups is 3. The van der Waals surface area contributed by atoms with E-state index in [0.29, 0.717) is 0 Å². The molecule has 15 N–H and O–H groups in total. The van der Waals surface area contributed by atoms with Gasteiger partial charge in [-0.1, -0.05) is 4.98 Å². The Labute approximate surface area is 478 Å². The van der Waals surface area contributed by atoms with Crippen LogP contribution < -0.4 is 63.4 Å². The Bertz CT molecular complexity index is 3630. The molecule has 15 atom stereocenters. The first-order valence-electron chi connectivity index (χ1n) is 20.9. The molecular formula is C30H34Br3N17NaO25P3. The van der Waals surface area contributed by atoms with Crippen LogP contribution in [0.4, 0.5) is 23.8 Å². The molecule has 42 nitrogen and oxygen atoms in total. The van der Waals surface area contributed by atoms with Crippen LogP contribution in [0.3, 0.4) is 0 Å². The van der Waals surface area contributed by atoms with Crippen molar-refractivity contribution in [1.29, 1.82) is 0 Å². The van der Waals surface area contributed by atoms with Crippen LogP contribution in [0.5, 0.6) is 0 Å². The van der Waals surface area contributed by atoms with E-state index in [-0.39, 0.29) is 105 Å². The second-order valence-corrected chi connectivity index (χ2v) is 21.0. The molecule has 6 aliphatic heterocycles. The van der Waals surface area contributed by atoms with Crippen LogP contribution in [0.2, 0.25) is 0 Å². The summed E-state index contributed by atoms with van der Waals surface area (Å²) in [7, 11) is -12.8. The molecule has 0 saturated carbocycles. The van der Waals surface area contributed by atoms with E-state index in [1.54, 1.807) is 0 Å². The number of aliphatic hydroxyl groups excluding tert-OH is 3. The van der Waals surface area contributed by atoms with Crippen LogP contribution in [0.15, 0.2) is 30.8 Å². The Morgan fingerprint density at radius 2 is 1.00 bits per heavy atom. The number of H-pyrrole nitrogens is 3. The van der Waals surface area contributed by atoms with Crippen molar-refractivity contribution in [1.82, 2.24) is 58.6 Å². The van der Waals surface area contributed by atoms with E-state index in [1.165, 1.54) is 15.5 Å². The molecule has 12 rings (SSSR count). The molecule has 6 aliphatic rings. The minimum atomic E-state index is -4.38. The fraction of sp³-hybridized carbons (Fsp3) is 0.500. The van der Waals surface area contributed by atoms with Crippen molar-refractivity contribution in [2.24, 2.45) is 5.34 Å². The quantitative estimate of drug-likeness (QED) is 0.0196. The van der Waals surface area contributed by atoms with Crippen LogP contribution in [0.25, 0.3) is 33.5 Å². The van der Waals surface area contributed by atoms with Crippen molar-refractivity contribution in [3.63, 3.8) is 0 Å². The Morgan fingerprint density at radius 1 is 0.646 bits per heavy atom. The molecule has 0 bridgehead atoms. The van der Waals surface area contributed by atoms with Crippen molar-refractivity contribution in [2.45, 2.75) is 73.6 Å². The predicted molar refractivity (Wildman–Crippen MR) is 261 cm³/mol. The normalized spacial score (nSPS) is 33.2. The minimum absolute atomic E-state index is 0. The number of nitrogen functional groups attached to an aromatic ring is 3. The zero-order chi connectivity index (χ0) is 57.1. The molecule has 426 valence electrons. The number of anilines is 3. The number of aromatic nitrogens is 12. The van der Waals surface area contributed by atoms with Gasteiger partial charge in [0.15, 0.2) is 39.5 Å². The number of nitrogens with zero attached hydrogens (tertiary/aromatic N) is 11. The number of phosphoric acid groups is 3. The van der Waals surface area contributed by atoms with Crippen molar-refractivity contribution in [3.05, 3.63) is 62.4 Å². The summed E-state index contributed by atoms with van der Waals surface area (Å²) < 4.78 is 83.3. The van der Waals surface area contributed by atoms with Gasteiger partial charge in [0.25, 0.3) is 22.2 Å². The third-order valence-corrected chi connectivity index (χ3v) is 14.9. The molecule has 0 aromatic carbocycles. The topological polar surface area (TPSA) is 620 Å². The molecule has 6 aromatic rings. The molecule has 6 aromatic heterocycles. The molecule has 0 spiro atoms. The molecule has 6 saturated heterocycles. The number of halogens is 3. The van der Waals surface area contributed by atoms with E-state index in [4.69, 9.17) is 55.1 Å². The van der Waals surface area contributed by atoms with Gasteiger partial charge in [0.1, 0.15) is 54.9 Å². The maximum atomic E-state index is 11.9. The number of aliphatic hydroxyl groups is 3. The monoisotopic (exact) mass is 1380 g/mol. The standard InChI is InChI=1S/C10H11BrN5O7P.C10H11N6O9P.C10H12N5O7P.Br2.HNO2.Na/c11-9-13-3-6(14-10(12)15-7(3)18)16(9)8-4(17)5-2(22-8)1-21-24(19,20)23-5;11-9-13-6-3(7(18)14-9)12-10(16(19)20)15(6)8-4(17)5-2(24-8)1-23-26(21,22)25-5;11-10-13-7-4(8(17)14-10)12-2-15(7)9-5(16)6-3(21-9)1-20-23(18,19)22-6;1-2;2-1-3;/h2,4-5,8,17H,1H2,(H,19,20)(H3,12,14,15,18);2,4-5,8,17H,1H2,(H,21,22)(H3,11,13,14,18);2-3,5-6,9,16H,1H2,(H,18,19)(H3,11,13,14,17);;(H,2,3);/q;;;;;+1/p-1/t2*2-,4?,5+,8-;3-,5?,6+,9-;;;/m111.../s1. The van der Waals surface area contributed by atoms with Crippen molar-refractivity contribution >= 4 is 125 Å². The summed E-state index contributed by atoms with van der Waals surface area (Å²) in [5, 5.41) is 51.6. The third kappa shape index (κ3) is 12.6. The zero-order valence-electron chi connectivity index (χ0n) is 38.7. The first-order chi connectivity index (χ1) is 36.7. The first-order valence-corrected chi connectivity index (χ1v) is 29.9. The van der Waals surface area contributed by atoms with Crippen LogP contribution in [-0.4, -0.2) is 168 Å². The average molecular weight is 1390 g/mol.